The molecule has 1 aromatic rings. The van der Waals surface area contributed by atoms with Crippen LogP contribution >= 0.6 is 0 Å². The third-order valence-electron chi connectivity index (χ3n) is 2.91. The Morgan fingerprint density at radius 1 is 1.16 bits per heavy atom. The van der Waals surface area contributed by atoms with Gasteiger partial charge in [-0.05, 0) is 17.0 Å². The van der Waals surface area contributed by atoms with Crippen molar-refractivity contribution in [2.75, 3.05) is 0 Å². The lowest BCUT2D eigenvalue weighted by Crippen LogP contribution is -2.48. The molecule has 5 nitrogen and oxygen atoms in total. The number of rotatable bonds is 6. The van der Waals surface area contributed by atoms with Gasteiger partial charge in [-0.3, -0.25) is 9.59 Å². The van der Waals surface area contributed by atoms with Gasteiger partial charge in [0.25, 0.3) is 0 Å². The van der Waals surface area contributed by atoms with Crippen molar-refractivity contribution in [1.82, 2.24) is 5.32 Å². The van der Waals surface area contributed by atoms with Crippen molar-refractivity contribution >= 4 is 11.8 Å². The molecule has 104 valence electrons. The summed E-state index contributed by atoms with van der Waals surface area (Å²) in [5.41, 5.74) is 12.6. The van der Waals surface area contributed by atoms with Crippen LogP contribution in [0, 0.1) is 5.92 Å². The zero-order chi connectivity index (χ0) is 14.4. The molecule has 2 amide bonds. The van der Waals surface area contributed by atoms with Gasteiger partial charge < -0.3 is 16.8 Å². The molecule has 1 unspecified atom stereocenters. The first-order valence-electron chi connectivity index (χ1n) is 6.30. The van der Waals surface area contributed by atoms with Crippen molar-refractivity contribution in [2.45, 2.75) is 32.9 Å². The number of primary amides is 1. The number of amides is 2. The highest BCUT2D eigenvalue weighted by Crippen LogP contribution is 2.06. The van der Waals surface area contributed by atoms with E-state index in [2.05, 4.69) is 5.32 Å². The third kappa shape index (κ3) is 4.71. The molecule has 19 heavy (non-hydrogen) atoms. The molecule has 0 fully saturated rings. The fraction of sp³-hybridized carbons (Fsp3) is 0.429. The van der Waals surface area contributed by atoms with Crippen LogP contribution in [-0.4, -0.2) is 17.9 Å². The van der Waals surface area contributed by atoms with Crippen LogP contribution in [0.3, 0.4) is 0 Å². The number of benzene rings is 1. The predicted octanol–water partition coefficient (Wildman–Crippen LogP) is 0.314. The second-order valence-corrected chi connectivity index (χ2v) is 4.89. The molecule has 0 aliphatic carbocycles. The van der Waals surface area contributed by atoms with Crippen LogP contribution in [-0.2, 0) is 22.6 Å². The Morgan fingerprint density at radius 3 is 2.11 bits per heavy atom. The molecular weight excluding hydrogens is 242 g/mol. The quantitative estimate of drug-likeness (QED) is 0.689. The van der Waals surface area contributed by atoms with Crippen molar-refractivity contribution in [2.24, 2.45) is 17.4 Å². The fourth-order valence-electron chi connectivity index (χ4n) is 1.77. The zero-order valence-electron chi connectivity index (χ0n) is 11.3. The average Bonchev–Trinajstić information content (AvgIpc) is 2.36. The Labute approximate surface area is 113 Å². The second-order valence-electron chi connectivity index (χ2n) is 4.89. The lowest BCUT2D eigenvalue weighted by Gasteiger charge is -2.18. The molecule has 0 aliphatic rings. The third-order valence-corrected chi connectivity index (χ3v) is 2.91. The van der Waals surface area contributed by atoms with Crippen LogP contribution in [0.25, 0.3) is 0 Å². The van der Waals surface area contributed by atoms with E-state index >= 15 is 0 Å². The number of nitrogens with two attached hydrogens (primary N) is 2. The van der Waals surface area contributed by atoms with E-state index in [4.69, 9.17) is 11.5 Å². The maximum absolute atomic E-state index is 11.8. The number of carbonyl (C=O) groups excluding carboxylic acids is 2. The predicted molar refractivity (Wildman–Crippen MR) is 74.0 cm³/mol. The van der Waals surface area contributed by atoms with E-state index in [0.717, 1.165) is 11.1 Å². The molecule has 0 aromatic heterocycles. The first-order chi connectivity index (χ1) is 8.93. The van der Waals surface area contributed by atoms with Gasteiger partial charge in [-0.2, -0.15) is 0 Å². The smallest absolute Gasteiger partial charge is 0.240 e. The maximum atomic E-state index is 11.8. The molecule has 1 aromatic carbocycles. The van der Waals surface area contributed by atoms with Gasteiger partial charge in [0.05, 0.1) is 6.42 Å². The molecule has 1 atom stereocenters. The number of hydrogen-bond donors (Lipinski definition) is 3. The Hall–Kier alpha value is -1.88. The number of hydrogen-bond acceptors (Lipinski definition) is 3. The first-order valence-corrected chi connectivity index (χ1v) is 6.30. The standard InChI is InChI=1S/C14H21N3O2/c1-9(2)13(14(16)19)17-12(18)7-10-3-5-11(8-15)6-4-10/h3-6,9,13H,7-8,15H2,1-2H3,(H2,16,19)(H,17,18). The van der Waals surface area contributed by atoms with Crippen LogP contribution in [0.2, 0.25) is 0 Å². The topological polar surface area (TPSA) is 98.2 Å². The van der Waals surface area contributed by atoms with Gasteiger partial charge in [-0.15, -0.1) is 0 Å². The monoisotopic (exact) mass is 263 g/mol. The SMILES string of the molecule is CC(C)C(NC(=O)Cc1ccc(CN)cc1)C(N)=O. The van der Waals surface area contributed by atoms with E-state index in [9.17, 15) is 9.59 Å². The molecule has 0 radical (unpaired) electrons. The van der Waals surface area contributed by atoms with Gasteiger partial charge in [0.2, 0.25) is 11.8 Å². The van der Waals surface area contributed by atoms with Crippen LogP contribution in [0.5, 0.6) is 0 Å². The number of carbonyl (C=O) groups is 2. The van der Waals surface area contributed by atoms with Gasteiger partial charge >= 0.3 is 0 Å². The molecule has 0 spiro atoms. The fourth-order valence-corrected chi connectivity index (χ4v) is 1.77. The van der Waals surface area contributed by atoms with Crippen LogP contribution in [0.15, 0.2) is 24.3 Å². The summed E-state index contributed by atoms with van der Waals surface area (Å²) in [6, 6.07) is 6.86. The molecule has 0 heterocycles. The highest BCUT2D eigenvalue weighted by Gasteiger charge is 2.21. The Morgan fingerprint density at radius 2 is 1.68 bits per heavy atom. The van der Waals surface area contributed by atoms with E-state index in [1.807, 2.05) is 38.1 Å². The van der Waals surface area contributed by atoms with Gasteiger partial charge in [0.15, 0.2) is 0 Å². The highest BCUT2D eigenvalue weighted by molar-refractivity contribution is 5.87. The van der Waals surface area contributed by atoms with E-state index in [0.29, 0.717) is 6.54 Å². The number of nitrogens with one attached hydrogen (secondary N) is 1. The minimum absolute atomic E-state index is 0.0268. The Balaban J connectivity index is 2.61. The summed E-state index contributed by atoms with van der Waals surface area (Å²) >= 11 is 0. The summed E-state index contributed by atoms with van der Waals surface area (Å²) in [5.74, 6) is -0.749. The van der Waals surface area contributed by atoms with Crippen LogP contribution in [0.1, 0.15) is 25.0 Å². The van der Waals surface area contributed by atoms with Gasteiger partial charge in [-0.1, -0.05) is 38.1 Å². The molecule has 5 heteroatoms. The summed E-state index contributed by atoms with van der Waals surface area (Å²) in [6.45, 7) is 4.15. The lowest BCUT2D eigenvalue weighted by atomic mass is 10.0. The summed E-state index contributed by atoms with van der Waals surface area (Å²) in [6.07, 6.45) is 0.224. The Kier molecular flexibility index (Phi) is 5.51. The van der Waals surface area contributed by atoms with Crippen LogP contribution < -0.4 is 16.8 Å². The highest BCUT2D eigenvalue weighted by atomic mass is 16.2. The second kappa shape index (κ2) is 6.89. The summed E-state index contributed by atoms with van der Waals surface area (Å²) in [7, 11) is 0. The molecule has 0 saturated heterocycles. The molecule has 0 saturated carbocycles. The van der Waals surface area contributed by atoms with Gasteiger partial charge in [0.1, 0.15) is 6.04 Å². The van der Waals surface area contributed by atoms with Crippen molar-refractivity contribution in [1.29, 1.82) is 0 Å². The average molecular weight is 263 g/mol. The minimum atomic E-state index is -0.629. The van der Waals surface area contributed by atoms with E-state index in [1.54, 1.807) is 0 Å². The summed E-state index contributed by atoms with van der Waals surface area (Å²) in [4.78, 5) is 23.0. The molecular formula is C14H21N3O2. The maximum Gasteiger partial charge on any atom is 0.240 e. The van der Waals surface area contributed by atoms with E-state index in [1.165, 1.54) is 0 Å². The first kappa shape index (κ1) is 15.2. The van der Waals surface area contributed by atoms with Crippen molar-refractivity contribution < 1.29 is 9.59 Å². The summed E-state index contributed by atoms with van der Waals surface area (Å²) in [5, 5.41) is 2.65. The minimum Gasteiger partial charge on any atom is -0.368 e. The van der Waals surface area contributed by atoms with E-state index < -0.39 is 11.9 Å². The largest absolute Gasteiger partial charge is 0.368 e. The molecule has 5 N–H and O–H groups in total. The van der Waals surface area contributed by atoms with E-state index in [-0.39, 0.29) is 18.2 Å². The van der Waals surface area contributed by atoms with Crippen molar-refractivity contribution in [3.8, 4) is 0 Å². The van der Waals surface area contributed by atoms with Crippen LogP contribution in [0.4, 0.5) is 0 Å². The van der Waals surface area contributed by atoms with Gasteiger partial charge in [-0.25, -0.2) is 0 Å². The lowest BCUT2D eigenvalue weighted by molar-refractivity contribution is -0.127. The normalized spacial score (nSPS) is 12.2. The van der Waals surface area contributed by atoms with Gasteiger partial charge in [0, 0.05) is 6.54 Å². The van der Waals surface area contributed by atoms with Crippen molar-refractivity contribution in [3.63, 3.8) is 0 Å². The summed E-state index contributed by atoms with van der Waals surface area (Å²) < 4.78 is 0. The zero-order valence-corrected chi connectivity index (χ0v) is 11.3. The Bertz CT molecular complexity index is 441. The molecule has 0 bridgehead atoms. The molecule has 0 aliphatic heterocycles. The molecule has 1 rings (SSSR count). The van der Waals surface area contributed by atoms with Crippen molar-refractivity contribution in [3.05, 3.63) is 35.4 Å².